The van der Waals surface area contributed by atoms with E-state index < -0.39 is 0 Å². The third kappa shape index (κ3) is 3.99. The van der Waals surface area contributed by atoms with Crippen LogP contribution in [-0.2, 0) is 11.2 Å². The van der Waals surface area contributed by atoms with E-state index in [-0.39, 0.29) is 5.12 Å². The fraction of sp³-hybridized carbons (Fsp3) is 0.182. The third-order valence-corrected chi connectivity index (χ3v) is 2.12. The number of hydrogen-bond acceptors (Lipinski definition) is 1. The molecule has 0 saturated carbocycles. The lowest BCUT2D eigenvalue weighted by Crippen LogP contribution is -1.85. The van der Waals surface area contributed by atoms with E-state index in [2.05, 4.69) is 12.6 Å². The van der Waals surface area contributed by atoms with E-state index in [9.17, 15) is 4.79 Å². The van der Waals surface area contributed by atoms with Gasteiger partial charge in [-0.15, -0.1) is 24.2 Å². The van der Waals surface area contributed by atoms with Crippen LogP contribution in [0.4, 0.5) is 0 Å². The Labute approximate surface area is 94.2 Å². The molecule has 1 rings (SSSR count). The maximum atomic E-state index is 10.5. The monoisotopic (exact) mass is 226 g/mol. The number of benzene rings is 1. The van der Waals surface area contributed by atoms with Gasteiger partial charge in [-0.1, -0.05) is 30.3 Å². The lowest BCUT2D eigenvalue weighted by Gasteiger charge is -1.97. The minimum Gasteiger partial charge on any atom is -0.283 e. The number of carbonyl (C=O) groups is 1. The van der Waals surface area contributed by atoms with Crippen molar-refractivity contribution >= 4 is 35.4 Å². The number of thiol groups is 1. The van der Waals surface area contributed by atoms with Crippen molar-refractivity contribution in [1.29, 1.82) is 0 Å². The zero-order valence-corrected chi connectivity index (χ0v) is 9.26. The third-order valence-electron chi connectivity index (χ3n) is 1.78. The van der Waals surface area contributed by atoms with Crippen molar-refractivity contribution < 1.29 is 4.79 Å². The first kappa shape index (κ1) is 11.3. The molecular weight excluding hydrogens is 216 g/mol. The largest absolute Gasteiger partial charge is 0.283 e. The second-order valence-corrected chi connectivity index (χ2v) is 3.67. The quantitative estimate of drug-likeness (QED) is 0.475. The molecule has 0 amide bonds. The van der Waals surface area contributed by atoms with Gasteiger partial charge >= 0.3 is 0 Å². The molecule has 0 aromatic heterocycles. The maximum Gasteiger partial charge on any atom is 0.209 e. The second-order valence-electron chi connectivity index (χ2n) is 2.85. The van der Waals surface area contributed by atoms with Gasteiger partial charge in [0, 0.05) is 5.88 Å². The van der Waals surface area contributed by atoms with E-state index in [0.29, 0.717) is 5.88 Å². The van der Waals surface area contributed by atoms with Gasteiger partial charge in [-0.05, 0) is 23.6 Å². The molecule has 74 valence electrons. The molecule has 0 bridgehead atoms. The highest BCUT2D eigenvalue weighted by Gasteiger charge is 1.92. The molecule has 0 atom stereocenters. The van der Waals surface area contributed by atoms with Gasteiger partial charge < -0.3 is 0 Å². The van der Waals surface area contributed by atoms with Crippen LogP contribution in [0, 0.1) is 0 Å². The molecule has 0 saturated heterocycles. The molecule has 0 heterocycles. The van der Waals surface area contributed by atoms with Crippen LogP contribution in [0.3, 0.4) is 0 Å². The summed E-state index contributed by atoms with van der Waals surface area (Å²) in [4.78, 5) is 10.5. The van der Waals surface area contributed by atoms with Gasteiger partial charge in [0.05, 0.1) is 0 Å². The Hall–Kier alpha value is -0.730. The van der Waals surface area contributed by atoms with Crippen LogP contribution >= 0.6 is 24.2 Å². The van der Waals surface area contributed by atoms with Crippen LogP contribution in [0.1, 0.15) is 11.1 Å². The highest BCUT2D eigenvalue weighted by Crippen LogP contribution is 2.07. The topological polar surface area (TPSA) is 17.1 Å². The summed E-state index contributed by atoms with van der Waals surface area (Å²) < 4.78 is 0. The lowest BCUT2D eigenvalue weighted by atomic mass is 10.1. The lowest BCUT2D eigenvalue weighted by molar-refractivity contribution is -0.106. The van der Waals surface area contributed by atoms with Crippen molar-refractivity contribution in [3.05, 3.63) is 41.5 Å². The highest BCUT2D eigenvalue weighted by atomic mass is 35.5. The SMILES string of the molecule is O=C(S)/C=C/c1ccc(CCCl)cc1. The van der Waals surface area contributed by atoms with E-state index in [1.54, 1.807) is 6.08 Å². The molecule has 0 spiro atoms. The Morgan fingerprint density at radius 2 is 2.00 bits per heavy atom. The normalized spacial score (nSPS) is 10.7. The van der Waals surface area contributed by atoms with Crippen molar-refractivity contribution in [2.75, 3.05) is 5.88 Å². The summed E-state index contributed by atoms with van der Waals surface area (Å²) in [6.07, 6.45) is 4.04. The van der Waals surface area contributed by atoms with Gasteiger partial charge in [-0.2, -0.15) is 0 Å². The molecular formula is C11H11ClOS. The molecule has 0 radical (unpaired) electrons. The first-order chi connectivity index (χ1) is 6.72. The van der Waals surface area contributed by atoms with Gasteiger partial charge in [0.1, 0.15) is 0 Å². The zero-order chi connectivity index (χ0) is 10.4. The van der Waals surface area contributed by atoms with Crippen molar-refractivity contribution in [3.8, 4) is 0 Å². The molecule has 0 unspecified atom stereocenters. The van der Waals surface area contributed by atoms with E-state index >= 15 is 0 Å². The van der Waals surface area contributed by atoms with E-state index in [1.807, 2.05) is 24.3 Å². The van der Waals surface area contributed by atoms with Crippen molar-refractivity contribution in [3.63, 3.8) is 0 Å². The van der Waals surface area contributed by atoms with E-state index in [4.69, 9.17) is 11.6 Å². The number of hydrogen-bond donors (Lipinski definition) is 1. The Bertz CT molecular complexity index is 330. The zero-order valence-electron chi connectivity index (χ0n) is 7.61. The molecule has 3 heteroatoms. The molecule has 0 aliphatic heterocycles. The summed E-state index contributed by atoms with van der Waals surface area (Å²) >= 11 is 9.25. The summed E-state index contributed by atoms with van der Waals surface area (Å²) in [6.45, 7) is 0. The summed E-state index contributed by atoms with van der Waals surface area (Å²) in [5.74, 6) is 0.629. The number of carbonyl (C=O) groups excluding carboxylic acids is 1. The standard InChI is InChI=1S/C11H11ClOS/c12-8-7-10-3-1-9(2-4-10)5-6-11(13)14/h1-6H,7-8H2,(H,13,14)/b6-5+. The Morgan fingerprint density at radius 3 is 2.50 bits per heavy atom. The summed E-state index contributed by atoms with van der Waals surface area (Å²) in [5, 5.41) is -0.241. The molecule has 0 N–H and O–H groups in total. The van der Waals surface area contributed by atoms with Crippen LogP contribution in [0.25, 0.3) is 6.08 Å². The first-order valence-electron chi connectivity index (χ1n) is 4.28. The predicted molar refractivity (Wildman–Crippen MR) is 63.9 cm³/mol. The van der Waals surface area contributed by atoms with E-state index in [0.717, 1.165) is 12.0 Å². The Kier molecular flexibility index (Phi) is 4.77. The number of rotatable bonds is 4. The average molecular weight is 227 g/mol. The number of alkyl halides is 1. The molecule has 14 heavy (non-hydrogen) atoms. The number of halogens is 1. The Balaban J connectivity index is 2.68. The molecule has 0 aliphatic carbocycles. The van der Waals surface area contributed by atoms with Crippen LogP contribution in [0.5, 0.6) is 0 Å². The molecule has 0 aliphatic rings. The molecule has 1 aromatic carbocycles. The van der Waals surface area contributed by atoms with Crippen LogP contribution in [0.2, 0.25) is 0 Å². The molecule has 1 nitrogen and oxygen atoms in total. The van der Waals surface area contributed by atoms with Gasteiger partial charge in [0.2, 0.25) is 5.12 Å². The van der Waals surface area contributed by atoms with E-state index in [1.165, 1.54) is 11.6 Å². The number of aryl methyl sites for hydroxylation is 1. The second kappa shape index (κ2) is 5.89. The van der Waals surface area contributed by atoms with Gasteiger partial charge in [0.25, 0.3) is 0 Å². The maximum absolute atomic E-state index is 10.5. The van der Waals surface area contributed by atoms with Crippen molar-refractivity contribution in [2.24, 2.45) is 0 Å². The first-order valence-corrected chi connectivity index (χ1v) is 5.26. The average Bonchev–Trinajstić information content (AvgIpc) is 2.17. The highest BCUT2D eigenvalue weighted by molar-refractivity contribution is 7.97. The summed E-state index contributed by atoms with van der Waals surface area (Å²) in [7, 11) is 0. The van der Waals surface area contributed by atoms with Gasteiger partial charge in [-0.25, -0.2) is 0 Å². The van der Waals surface area contributed by atoms with Crippen molar-refractivity contribution in [2.45, 2.75) is 6.42 Å². The molecule has 0 fully saturated rings. The smallest absolute Gasteiger partial charge is 0.209 e. The van der Waals surface area contributed by atoms with Crippen LogP contribution < -0.4 is 0 Å². The van der Waals surface area contributed by atoms with Crippen LogP contribution in [0.15, 0.2) is 30.3 Å². The summed E-state index contributed by atoms with van der Waals surface area (Å²) in [6, 6.07) is 7.92. The molecule has 1 aromatic rings. The van der Waals surface area contributed by atoms with Gasteiger partial charge in [-0.3, -0.25) is 4.79 Å². The Morgan fingerprint density at radius 1 is 1.36 bits per heavy atom. The van der Waals surface area contributed by atoms with Crippen LogP contribution in [-0.4, -0.2) is 11.0 Å². The minimum atomic E-state index is -0.241. The fourth-order valence-corrected chi connectivity index (χ4v) is 1.36. The summed E-state index contributed by atoms with van der Waals surface area (Å²) in [5.41, 5.74) is 2.19. The predicted octanol–water partition coefficient (Wildman–Crippen LogP) is 2.94. The minimum absolute atomic E-state index is 0.241. The van der Waals surface area contributed by atoms with Crippen molar-refractivity contribution in [1.82, 2.24) is 0 Å². The van der Waals surface area contributed by atoms with Gasteiger partial charge in [0.15, 0.2) is 0 Å². The fourth-order valence-electron chi connectivity index (χ4n) is 1.07.